The summed E-state index contributed by atoms with van der Waals surface area (Å²) in [6.07, 6.45) is 6.96. The van der Waals surface area contributed by atoms with Gasteiger partial charge in [-0.05, 0) is 52.0 Å². The SMILES string of the molecule is CCN(CC)CCCN(CC)CCNC1CCCC1. The average Bonchev–Trinajstić information content (AvgIpc) is 2.95. The number of nitrogens with one attached hydrogen (secondary N) is 1. The van der Waals surface area contributed by atoms with Gasteiger partial charge in [0.2, 0.25) is 0 Å². The van der Waals surface area contributed by atoms with Crippen molar-refractivity contribution < 1.29 is 0 Å². The molecule has 0 aromatic rings. The predicted molar refractivity (Wildman–Crippen MR) is 84.8 cm³/mol. The molecule has 0 atom stereocenters. The summed E-state index contributed by atoms with van der Waals surface area (Å²) >= 11 is 0. The quantitative estimate of drug-likeness (QED) is 0.622. The topological polar surface area (TPSA) is 18.5 Å². The second-order valence-corrected chi connectivity index (χ2v) is 5.75. The Morgan fingerprint density at radius 2 is 1.42 bits per heavy atom. The summed E-state index contributed by atoms with van der Waals surface area (Å²) in [7, 11) is 0. The fourth-order valence-electron chi connectivity index (χ4n) is 3.04. The maximum Gasteiger partial charge on any atom is 0.0107 e. The maximum absolute atomic E-state index is 3.72. The average molecular weight is 269 g/mol. The van der Waals surface area contributed by atoms with Gasteiger partial charge < -0.3 is 15.1 Å². The second-order valence-electron chi connectivity index (χ2n) is 5.75. The van der Waals surface area contributed by atoms with Crippen LogP contribution in [0.4, 0.5) is 0 Å². The molecule has 0 aliphatic heterocycles. The van der Waals surface area contributed by atoms with Crippen LogP contribution in [0.15, 0.2) is 0 Å². The van der Waals surface area contributed by atoms with Crippen molar-refractivity contribution in [3.05, 3.63) is 0 Å². The normalized spacial score (nSPS) is 16.9. The Hall–Kier alpha value is -0.120. The van der Waals surface area contributed by atoms with Crippen LogP contribution in [0.2, 0.25) is 0 Å². The Balaban J connectivity index is 2.04. The van der Waals surface area contributed by atoms with Gasteiger partial charge in [-0.15, -0.1) is 0 Å². The molecule has 0 aromatic heterocycles. The second kappa shape index (κ2) is 10.6. The molecule has 1 aliphatic rings. The molecule has 114 valence electrons. The first-order chi connectivity index (χ1) is 9.30. The van der Waals surface area contributed by atoms with E-state index in [2.05, 4.69) is 35.9 Å². The van der Waals surface area contributed by atoms with Crippen LogP contribution >= 0.6 is 0 Å². The molecule has 0 radical (unpaired) electrons. The highest BCUT2D eigenvalue weighted by atomic mass is 15.1. The largest absolute Gasteiger partial charge is 0.313 e. The summed E-state index contributed by atoms with van der Waals surface area (Å²) in [5.74, 6) is 0. The zero-order valence-corrected chi connectivity index (χ0v) is 13.5. The number of nitrogens with zero attached hydrogens (tertiary/aromatic N) is 2. The maximum atomic E-state index is 3.72. The highest BCUT2D eigenvalue weighted by molar-refractivity contribution is 4.74. The van der Waals surface area contributed by atoms with Gasteiger partial charge in [0.15, 0.2) is 0 Å². The van der Waals surface area contributed by atoms with Crippen LogP contribution in [0.25, 0.3) is 0 Å². The van der Waals surface area contributed by atoms with Gasteiger partial charge >= 0.3 is 0 Å². The molecular formula is C16H35N3. The molecule has 0 heterocycles. The molecule has 3 heteroatoms. The summed E-state index contributed by atoms with van der Waals surface area (Å²) < 4.78 is 0. The molecule has 0 spiro atoms. The fourth-order valence-corrected chi connectivity index (χ4v) is 3.04. The highest BCUT2D eigenvalue weighted by Crippen LogP contribution is 2.17. The molecular weight excluding hydrogens is 234 g/mol. The zero-order chi connectivity index (χ0) is 13.9. The molecule has 0 unspecified atom stereocenters. The molecule has 1 aliphatic carbocycles. The minimum Gasteiger partial charge on any atom is -0.313 e. The van der Waals surface area contributed by atoms with E-state index in [4.69, 9.17) is 0 Å². The Labute approximate surface area is 120 Å². The standard InChI is InChI=1S/C16H35N3/c1-4-18(5-2)13-9-14-19(6-3)15-12-17-16-10-7-8-11-16/h16-17H,4-15H2,1-3H3. The summed E-state index contributed by atoms with van der Waals surface area (Å²) in [6.45, 7) is 15.2. The van der Waals surface area contributed by atoms with Crippen molar-refractivity contribution in [1.29, 1.82) is 0 Å². The van der Waals surface area contributed by atoms with Crippen LogP contribution in [0, 0.1) is 0 Å². The zero-order valence-electron chi connectivity index (χ0n) is 13.5. The van der Waals surface area contributed by atoms with E-state index in [1.165, 1.54) is 77.9 Å². The summed E-state index contributed by atoms with van der Waals surface area (Å²) in [5.41, 5.74) is 0. The van der Waals surface area contributed by atoms with E-state index in [1.54, 1.807) is 0 Å². The van der Waals surface area contributed by atoms with Crippen molar-refractivity contribution in [2.75, 3.05) is 45.8 Å². The van der Waals surface area contributed by atoms with Crippen molar-refractivity contribution in [3.8, 4) is 0 Å². The molecule has 1 fully saturated rings. The third kappa shape index (κ3) is 7.28. The van der Waals surface area contributed by atoms with Crippen molar-refractivity contribution in [2.45, 2.75) is 58.9 Å². The van der Waals surface area contributed by atoms with Crippen LogP contribution in [0.3, 0.4) is 0 Å². The molecule has 0 bridgehead atoms. The molecule has 1 N–H and O–H groups in total. The van der Waals surface area contributed by atoms with E-state index in [1.807, 2.05) is 0 Å². The monoisotopic (exact) mass is 269 g/mol. The smallest absolute Gasteiger partial charge is 0.0107 e. The van der Waals surface area contributed by atoms with Gasteiger partial charge in [-0.25, -0.2) is 0 Å². The molecule has 3 nitrogen and oxygen atoms in total. The van der Waals surface area contributed by atoms with Gasteiger partial charge in [-0.1, -0.05) is 33.6 Å². The van der Waals surface area contributed by atoms with E-state index in [0.717, 1.165) is 6.04 Å². The lowest BCUT2D eigenvalue weighted by Crippen LogP contribution is -2.37. The highest BCUT2D eigenvalue weighted by Gasteiger charge is 2.13. The van der Waals surface area contributed by atoms with Crippen LogP contribution in [-0.4, -0.2) is 61.7 Å². The van der Waals surface area contributed by atoms with Crippen LogP contribution in [0.1, 0.15) is 52.9 Å². The van der Waals surface area contributed by atoms with Crippen LogP contribution < -0.4 is 5.32 Å². The lowest BCUT2D eigenvalue weighted by molar-refractivity contribution is 0.241. The minimum atomic E-state index is 0.814. The first-order valence-corrected chi connectivity index (χ1v) is 8.48. The predicted octanol–water partition coefficient (Wildman–Crippen LogP) is 2.57. The Morgan fingerprint density at radius 3 is 2.00 bits per heavy atom. The Kier molecular flexibility index (Phi) is 9.48. The minimum absolute atomic E-state index is 0.814. The molecule has 1 rings (SSSR count). The van der Waals surface area contributed by atoms with Gasteiger partial charge in [0.25, 0.3) is 0 Å². The van der Waals surface area contributed by atoms with E-state index >= 15 is 0 Å². The van der Waals surface area contributed by atoms with Gasteiger partial charge in [0, 0.05) is 19.1 Å². The third-order valence-electron chi connectivity index (χ3n) is 4.51. The summed E-state index contributed by atoms with van der Waals surface area (Å²) in [5, 5.41) is 3.72. The van der Waals surface area contributed by atoms with E-state index in [-0.39, 0.29) is 0 Å². The Morgan fingerprint density at radius 1 is 0.842 bits per heavy atom. The fraction of sp³-hybridized carbons (Fsp3) is 1.00. The van der Waals surface area contributed by atoms with Crippen LogP contribution in [0.5, 0.6) is 0 Å². The first-order valence-electron chi connectivity index (χ1n) is 8.48. The van der Waals surface area contributed by atoms with Gasteiger partial charge in [-0.2, -0.15) is 0 Å². The number of hydrogen-bond acceptors (Lipinski definition) is 3. The lowest BCUT2D eigenvalue weighted by atomic mass is 10.2. The summed E-state index contributed by atoms with van der Waals surface area (Å²) in [6, 6.07) is 0.814. The van der Waals surface area contributed by atoms with Crippen LogP contribution in [-0.2, 0) is 0 Å². The summed E-state index contributed by atoms with van der Waals surface area (Å²) in [4.78, 5) is 5.11. The van der Waals surface area contributed by atoms with Crippen molar-refractivity contribution in [3.63, 3.8) is 0 Å². The molecule has 19 heavy (non-hydrogen) atoms. The number of hydrogen-bond donors (Lipinski definition) is 1. The molecule has 1 saturated carbocycles. The van der Waals surface area contributed by atoms with E-state index in [9.17, 15) is 0 Å². The lowest BCUT2D eigenvalue weighted by Gasteiger charge is -2.24. The molecule has 0 aromatic carbocycles. The van der Waals surface area contributed by atoms with E-state index < -0.39 is 0 Å². The van der Waals surface area contributed by atoms with Gasteiger partial charge in [0.05, 0.1) is 0 Å². The van der Waals surface area contributed by atoms with Gasteiger partial charge in [0.1, 0.15) is 0 Å². The number of rotatable bonds is 11. The first kappa shape index (κ1) is 16.9. The molecule has 0 amide bonds. The van der Waals surface area contributed by atoms with E-state index in [0.29, 0.717) is 0 Å². The van der Waals surface area contributed by atoms with Crippen molar-refractivity contribution in [2.24, 2.45) is 0 Å². The van der Waals surface area contributed by atoms with Gasteiger partial charge in [-0.3, -0.25) is 0 Å². The number of likely N-dealkylation sites (N-methyl/N-ethyl adjacent to an activating group) is 1. The Bertz CT molecular complexity index is 190. The van der Waals surface area contributed by atoms with Crippen molar-refractivity contribution in [1.82, 2.24) is 15.1 Å². The van der Waals surface area contributed by atoms with Crippen molar-refractivity contribution >= 4 is 0 Å². The third-order valence-corrected chi connectivity index (χ3v) is 4.51. The molecule has 0 saturated heterocycles.